The minimum atomic E-state index is -0.120. The van der Waals surface area contributed by atoms with Gasteiger partial charge in [0.2, 0.25) is 0 Å². The molecule has 134 valence electrons. The highest BCUT2D eigenvalue weighted by Crippen LogP contribution is 2.64. The van der Waals surface area contributed by atoms with Crippen LogP contribution in [-0.4, -0.2) is 12.1 Å². The minimum Gasteiger partial charge on any atom is -0.462 e. The van der Waals surface area contributed by atoms with E-state index in [9.17, 15) is 4.79 Å². The second-order valence-electron chi connectivity index (χ2n) is 9.41. The molecule has 0 aliphatic heterocycles. The summed E-state index contributed by atoms with van der Waals surface area (Å²) in [6.07, 6.45) is 10.5. The van der Waals surface area contributed by atoms with Crippen molar-refractivity contribution in [1.82, 2.24) is 0 Å². The molecular formula is C22H34O2. The summed E-state index contributed by atoms with van der Waals surface area (Å²) in [7, 11) is 0. The highest BCUT2D eigenvalue weighted by molar-refractivity contribution is 5.66. The Morgan fingerprint density at radius 3 is 2.67 bits per heavy atom. The van der Waals surface area contributed by atoms with Gasteiger partial charge < -0.3 is 4.74 Å². The molecule has 0 aromatic rings. The molecule has 0 radical (unpaired) electrons. The maximum absolute atomic E-state index is 11.8. The maximum Gasteiger partial charge on any atom is 0.302 e. The van der Waals surface area contributed by atoms with Crippen LogP contribution >= 0.6 is 0 Å². The van der Waals surface area contributed by atoms with Crippen LogP contribution in [0.5, 0.6) is 0 Å². The highest BCUT2D eigenvalue weighted by atomic mass is 16.5. The van der Waals surface area contributed by atoms with E-state index in [2.05, 4.69) is 40.3 Å². The normalized spacial score (nSPS) is 43.9. The summed E-state index contributed by atoms with van der Waals surface area (Å²) in [4.78, 5) is 11.8. The predicted octanol–water partition coefficient (Wildman–Crippen LogP) is 5.54. The molecule has 0 bridgehead atoms. The zero-order valence-electron chi connectivity index (χ0n) is 16.1. The van der Waals surface area contributed by atoms with Crippen LogP contribution < -0.4 is 0 Å². The smallest absolute Gasteiger partial charge is 0.302 e. The Hall–Kier alpha value is -1.05. The monoisotopic (exact) mass is 330 g/mol. The van der Waals surface area contributed by atoms with E-state index in [1.54, 1.807) is 6.92 Å². The van der Waals surface area contributed by atoms with Crippen molar-refractivity contribution in [3.8, 4) is 0 Å². The quantitative estimate of drug-likeness (QED) is 0.621. The topological polar surface area (TPSA) is 26.3 Å². The molecule has 6 atom stereocenters. The molecule has 3 aliphatic rings. The molecule has 2 saturated carbocycles. The van der Waals surface area contributed by atoms with Crippen LogP contribution in [0.1, 0.15) is 66.7 Å². The van der Waals surface area contributed by atoms with E-state index in [1.807, 2.05) is 6.08 Å². The Morgan fingerprint density at radius 2 is 2.04 bits per heavy atom. The Bertz CT molecular complexity index is 558. The van der Waals surface area contributed by atoms with Crippen LogP contribution in [0.25, 0.3) is 0 Å². The number of esters is 1. The van der Waals surface area contributed by atoms with Crippen molar-refractivity contribution in [3.05, 3.63) is 24.3 Å². The van der Waals surface area contributed by atoms with E-state index in [4.69, 9.17) is 4.74 Å². The first kappa shape index (κ1) is 17.8. The number of fused-ring (bicyclic) bond motifs is 3. The Kier molecular flexibility index (Phi) is 4.47. The van der Waals surface area contributed by atoms with Gasteiger partial charge in [-0.05, 0) is 59.8 Å². The lowest BCUT2D eigenvalue weighted by atomic mass is 9.43. The van der Waals surface area contributed by atoms with Gasteiger partial charge in [-0.3, -0.25) is 4.79 Å². The molecule has 3 rings (SSSR count). The molecule has 0 spiro atoms. The number of allylic oxidation sites excluding steroid dienone is 3. The first-order chi connectivity index (χ1) is 11.2. The van der Waals surface area contributed by atoms with Gasteiger partial charge in [-0.15, -0.1) is 0 Å². The lowest BCUT2D eigenvalue weighted by Crippen LogP contribution is -2.59. The fourth-order valence-electron chi connectivity index (χ4n) is 6.82. The largest absolute Gasteiger partial charge is 0.462 e. The minimum absolute atomic E-state index is 0.0654. The van der Waals surface area contributed by atoms with Crippen molar-refractivity contribution < 1.29 is 9.53 Å². The van der Waals surface area contributed by atoms with Gasteiger partial charge in [0.15, 0.2) is 0 Å². The number of carbonyl (C=O) groups excluding carboxylic acids is 1. The average Bonchev–Trinajstić information content (AvgIpc) is 2.46. The van der Waals surface area contributed by atoms with E-state index in [-0.39, 0.29) is 22.9 Å². The standard InChI is InChI=1S/C22H34O2/c1-7-16-9-10-18-17(14(16)2)13-19(24-15(3)23)20-21(4,5)11-8-12-22(18,20)6/h7,9,14,17-20H,1,8,10-13H2,2-6H3/t14-,17-,18-,19-,20-,22+/m0/s1. The molecule has 0 amide bonds. The van der Waals surface area contributed by atoms with E-state index in [0.717, 1.165) is 12.8 Å². The van der Waals surface area contributed by atoms with Gasteiger partial charge >= 0.3 is 5.97 Å². The van der Waals surface area contributed by atoms with Gasteiger partial charge in [-0.1, -0.05) is 52.8 Å². The fourth-order valence-corrected chi connectivity index (χ4v) is 6.82. The summed E-state index contributed by atoms with van der Waals surface area (Å²) in [5.41, 5.74) is 1.89. The molecule has 3 aliphatic carbocycles. The summed E-state index contributed by atoms with van der Waals surface area (Å²) in [6, 6.07) is 0. The average molecular weight is 331 g/mol. The molecule has 0 N–H and O–H groups in total. The molecule has 2 fully saturated rings. The second kappa shape index (κ2) is 6.04. The van der Waals surface area contributed by atoms with Crippen molar-refractivity contribution in [2.24, 2.45) is 34.5 Å². The number of hydrogen-bond acceptors (Lipinski definition) is 2. The van der Waals surface area contributed by atoms with Gasteiger partial charge in [0.05, 0.1) is 0 Å². The molecule has 0 heterocycles. The predicted molar refractivity (Wildman–Crippen MR) is 98.4 cm³/mol. The molecule has 0 aromatic heterocycles. The third-order valence-electron chi connectivity index (χ3n) is 7.66. The molecule has 24 heavy (non-hydrogen) atoms. The number of rotatable bonds is 2. The van der Waals surface area contributed by atoms with Crippen LogP contribution in [-0.2, 0) is 9.53 Å². The molecule has 2 nitrogen and oxygen atoms in total. The van der Waals surface area contributed by atoms with E-state index >= 15 is 0 Å². The Balaban J connectivity index is 2.04. The molecule has 2 heteroatoms. The van der Waals surface area contributed by atoms with Gasteiger partial charge in [-0.2, -0.15) is 0 Å². The van der Waals surface area contributed by atoms with Crippen LogP contribution in [0.15, 0.2) is 24.3 Å². The molecular weight excluding hydrogens is 296 g/mol. The van der Waals surface area contributed by atoms with Crippen molar-refractivity contribution in [2.45, 2.75) is 72.8 Å². The van der Waals surface area contributed by atoms with Crippen molar-refractivity contribution in [3.63, 3.8) is 0 Å². The summed E-state index contributed by atoms with van der Waals surface area (Å²) in [5, 5.41) is 0. The summed E-state index contributed by atoms with van der Waals surface area (Å²) >= 11 is 0. The summed E-state index contributed by atoms with van der Waals surface area (Å²) in [6.45, 7) is 15.2. The van der Waals surface area contributed by atoms with Gasteiger partial charge in [0.1, 0.15) is 6.10 Å². The molecule has 0 aromatic carbocycles. The number of ether oxygens (including phenoxy) is 1. The SMILES string of the molecule is C=CC1=CC[C@H]2[C@@H](C[C@H](OC(C)=O)[C@H]3C(C)(C)CCC[C@]23C)[C@H]1C. The number of hydrogen-bond donors (Lipinski definition) is 0. The first-order valence-electron chi connectivity index (χ1n) is 9.70. The lowest BCUT2D eigenvalue weighted by Gasteiger charge is -2.63. The van der Waals surface area contributed by atoms with Crippen molar-refractivity contribution >= 4 is 5.97 Å². The van der Waals surface area contributed by atoms with Crippen molar-refractivity contribution in [1.29, 1.82) is 0 Å². The Labute approximate surface area is 147 Å². The van der Waals surface area contributed by atoms with Crippen molar-refractivity contribution in [2.75, 3.05) is 0 Å². The van der Waals surface area contributed by atoms with Gasteiger partial charge in [0.25, 0.3) is 0 Å². The van der Waals surface area contributed by atoms with Crippen LogP contribution in [0.4, 0.5) is 0 Å². The zero-order valence-corrected chi connectivity index (χ0v) is 16.1. The first-order valence-corrected chi connectivity index (χ1v) is 9.70. The molecule has 0 unspecified atom stereocenters. The van der Waals surface area contributed by atoms with Crippen LogP contribution in [0.3, 0.4) is 0 Å². The third-order valence-corrected chi connectivity index (χ3v) is 7.66. The molecule has 0 saturated heterocycles. The van der Waals surface area contributed by atoms with Gasteiger partial charge in [0, 0.05) is 12.8 Å². The fraction of sp³-hybridized carbons (Fsp3) is 0.773. The Morgan fingerprint density at radius 1 is 1.33 bits per heavy atom. The van der Waals surface area contributed by atoms with E-state index < -0.39 is 0 Å². The van der Waals surface area contributed by atoms with Crippen LogP contribution in [0, 0.1) is 34.5 Å². The van der Waals surface area contributed by atoms with Gasteiger partial charge in [-0.25, -0.2) is 0 Å². The zero-order chi connectivity index (χ0) is 17.7. The highest BCUT2D eigenvalue weighted by Gasteiger charge is 2.60. The third kappa shape index (κ3) is 2.66. The summed E-state index contributed by atoms with van der Waals surface area (Å²) in [5.74, 6) is 2.16. The lowest BCUT2D eigenvalue weighted by molar-refractivity contribution is -0.192. The number of carbonyl (C=O) groups is 1. The second-order valence-corrected chi connectivity index (χ2v) is 9.41. The summed E-state index contributed by atoms with van der Waals surface area (Å²) < 4.78 is 5.94. The maximum atomic E-state index is 11.8. The van der Waals surface area contributed by atoms with E-state index in [0.29, 0.717) is 23.7 Å². The van der Waals surface area contributed by atoms with Crippen LogP contribution in [0.2, 0.25) is 0 Å². The van der Waals surface area contributed by atoms with E-state index in [1.165, 1.54) is 24.8 Å².